The van der Waals surface area contributed by atoms with E-state index in [0.717, 1.165) is 37.3 Å². The molecular formula is C24H22N2O3S. The normalized spacial score (nSPS) is 11.2. The fraction of sp³-hybridized carbons (Fsp3) is 0.208. The molecule has 0 saturated carbocycles. The summed E-state index contributed by atoms with van der Waals surface area (Å²) in [5, 5.41) is 0.453. The number of fused-ring (bicyclic) bond motifs is 1. The minimum atomic E-state index is -0.568. The minimum absolute atomic E-state index is 0.270. The Hall–Kier alpha value is -3.25. The average molecular weight is 419 g/mol. The number of hydrogen-bond acceptors (Lipinski definition) is 4. The van der Waals surface area contributed by atoms with Crippen LogP contribution in [0.4, 0.5) is 0 Å². The van der Waals surface area contributed by atoms with E-state index >= 15 is 0 Å². The number of benzene rings is 2. The highest BCUT2D eigenvalue weighted by Gasteiger charge is 2.19. The van der Waals surface area contributed by atoms with E-state index in [1.54, 1.807) is 12.1 Å². The van der Waals surface area contributed by atoms with Crippen LogP contribution in [0.25, 0.3) is 21.3 Å². The van der Waals surface area contributed by atoms with E-state index in [1.165, 1.54) is 11.3 Å². The second-order valence-corrected chi connectivity index (χ2v) is 8.87. The molecule has 0 aliphatic carbocycles. The smallest absolute Gasteiger partial charge is 0.298 e. The van der Waals surface area contributed by atoms with Gasteiger partial charge in [0, 0.05) is 16.0 Å². The Labute approximate surface area is 177 Å². The van der Waals surface area contributed by atoms with Gasteiger partial charge in [-0.1, -0.05) is 42.0 Å². The maximum absolute atomic E-state index is 13.3. The number of nitrogens with zero attached hydrogens (tertiary/aromatic N) is 1. The molecule has 2 aromatic heterocycles. The molecule has 0 bridgehead atoms. The van der Waals surface area contributed by atoms with E-state index in [0.29, 0.717) is 15.8 Å². The van der Waals surface area contributed by atoms with Gasteiger partial charge in [0.1, 0.15) is 4.83 Å². The predicted molar refractivity (Wildman–Crippen MR) is 122 cm³/mol. The third-order valence-electron chi connectivity index (χ3n) is 5.48. The molecule has 0 fully saturated rings. The number of Topliss-reactive ketones (excluding diaryl/α,β-unsaturated/α-hetero) is 1. The molecule has 4 rings (SSSR count). The van der Waals surface area contributed by atoms with E-state index in [2.05, 4.69) is 4.98 Å². The molecule has 0 amide bonds. The maximum atomic E-state index is 13.3. The SMILES string of the molecule is Cc1ccc(-c2c(C)sc3[nH]c(=O)n(CC(=O)c4ccc(C)c(C)c4)c(=O)c23)cc1. The summed E-state index contributed by atoms with van der Waals surface area (Å²) in [5.74, 6) is -0.270. The van der Waals surface area contributed by atoms with Crippen molar-refractivity contribution in [2.45, 2.75) is 34.2 Å². The van der Waals surface area contributed by atoms with Gasteiger partial charge in [0.25, 0.3) is 5.56 Å². The van der Waals surface area contributed by atoms with Crippen LogP contribution < -0.4 is 11.2 Å². The molecule has 1 N–H and O–H groups in total. The zero-order valence-corrected chi connectivity index (χ0v) is 18.1. The average Bonchev–Trinajstić information content (AvgIpc) is 3.03. The van der Waals surface area contributed by atoms with Gasteiger partial charge >= 0.3 is 5.69 Å². The number of aromatic nitrogens is 2. The van der Waals surface area contributed by atoms with Gasteiger partial charge in [0.2, 0.25) is 0 Å². The zero-order chi connectivity index (χ0) is 21.6. The van der Waals surface area contributed by atoms with Crippen LogP contribution in [0, 0.1) is 27.7 Å². The molecule has 0 aliphatic rings. The summed E-state index contributed by atoms with van der Waals surface area (Å²) < 4.78 is 1.00. The molecule has 0 atom stereocenters. The number of carbonyl (C=O) groups excluding carboxylic acids is 1. The summed E-state index contributed by atoms with van der Waals surface area (Å²) >= 11 is 1.38. The number of H-pyrrole nitrogens is 1. The van der Waals surface area contributed by atoms with Gasteiger partial charge < -0.3 is 0 Å². The lowest BCUT2D eigenvalue weighted by Crippen LogP contribution is -2.37. The van der Waals surface area contributed by atoms with Crippen LogP contribution in [0.5, 0.6) is 0 Å². The summed E-state index contributed by atoms with van der Waals surface area (Å²) in [7, 11) is 0. The molecular weight excluding hydrogens is 396 g/mol. The third kappa shape index (κ3) is 3.44. The monoisotopic (exact) mass is 418 g/mol. The number of aromatic amines is 1. The van der Waals surface area contributed by atoms with E-state index in [1.807, 2.05) is 58.0 Å². The standard InChI is InChI=1S/C24H22N2O3S/c1-13-5-8-17(9-6-13)20-16(4)30-22-21(20)23(28)26(24(29)25-22)12-19(27)18-10-7-14(2)15(3)11-18/h5-11H,12H2,1-4H3,(H,25,29). The Morgan fingerprint density at radius 3 is 2.33 bits per heavy atom. The summed E-state index contributed by atoms with van der Waals surface area (Å²) in [6, 6.07) is 13.3. The van der Waals surface area contributed by atoms with Gasteiger partial charge in [0.05, 0.1) is 11.9 Å². The summed E-state index contributed by atoms with van der Waals surface area (Å²) in [6.45, 7) is 7.54. The number of aryl methyl sites for hydroxylation is 4. The number of nitrogens with one attached hydrogen (secondary N) is 1. The first-order chi connectivity index (χ1) is 14.3. The van der Waals surface area contributed by atoms with E-state index < -0.39 is 11.2 Å². The first-order valence-corrected chi connectivity index (χ1v) is 10.5. The molecule has 6 heteroatoms. The second kappa shape index (κ2) is 7.54. The molecule has 5 nitrogen and oxygen atoms in total. The second-order valence-electron chi connectivity index (χ2n) is 7.65. The minimum Gasteiger partial charge on any atom is -0.298 e. The van der Waals surface area contributed by atoms with Gasteiger partial charge in [0.15, 0.2) is 5.78 Å². The van der Waals surface area contributed by atoms with Gasteiger partial charge in [-0.25, -0.2) is 4.79 Å². The van der Waals surface area contributed by atoms with Gasteiger partial charge in [-0.2, -0.15) is 0 Å². The Morgan fingerprint density at radius 1 is 0.967 bits per heavy atom. The number of thiophene rings is 1. The topological polar surface area (TPSA) is 71.9 Å². The van der Waals surface area contributed by atoms with Crippen molar-refractivity contribution in [2.24, 2.45) is 0 Å². The zero-order valence-electron chi connectivity index (χ0n) is 17.3. The van der Waals surface area contributed by atoms with Crippen LogP contribution in [0.2, 0.25) is 0 Å². The van der Waals surface area contributed by atoms with Crippen molar-refractivity contribution >= 4 is 27.3 Å². The molecule has 152 valence electrons. The molecule has 0 aliphatic heterocycles. The van der Waals surface area contributed by atoms with Crippen molar-refractivity contribution in [3.05, 3.63) is 90.4 Å². The Morgan fingerprint density at radius 2 is 1.67 bits per heavy atom. The third-order valence-corrected chi connectivity index (χ3v) is 6.50. The largest absolute Gasteiger partial charge is 0.329 e. The van der Waals surface area contributed by atoms with E-state index in [9.17, 15) is 14.4 Å². The van der Waals surface area contributed by atoms with Gasteiger partial charge in [-0.3, -0.25) is 19.1 Å². The van der Waals surface area contributed by atoms with Gasteiger partial charge in [-0.15, -0.1) is 11.3 Å². The predicted octanol–water partition coefficient (Wildman–Crippen LogP) is 4.53. The lowest BCUT2D eigenvalue weighted by atomic mass is 10.0. The number of carbonyl (C=O) groups is 1. The molecule has 0 unspecified atom stereocenters. The number of hydrogen-bond donors (Lipinski definition) is 1. The van der Waals surface area contributed by atoms with Crippen molar-refractivity contribution in [3.63, 3.8) is 0 Å². The van der Waals surface area contributed by atoms with Gasteiger partial charge in [-0.05, 0) is 50.5 Å². The highest BCUT2D eigenvalue weighted by Crippen LogP contribution is 2.35. The van der Waals surface area contributed by atoms with Crippen LogP contribution in [-0.4, -0.2) is 15.3 Å². The molecule has 2 heterocycles. The lowest BCUT2D eigenvalue weighted by Gasteiger charge is -2.08. The fourth-order valence-electron chi connectivity index (χ4n) is 3.59. The highest BCUT2D eigenvalue weighted by atomic mass is 32.1. The van der Waals surface area contributed by atoms with Crippen molar-refractivity contribution in [3.8, 4) is 11.1 Å². The molecule has 2 aromatic carbocycles. The molecule has 0 spiro atoms. The number of ketones is 1. The quantitative estimate of drug-likeness (QED) is 0.495. The van der Waals surface area contributed by atoms with Crippen molar-refractivity contribution in [1.82, 2.24) is 9.55 Å². The number of rotatable bonds is 4. The van der Waals surface area contributed by atoms with Crippen molar-refractivity contribution < 1.29 is 4.79 Å². The summed E-state index contributed by atoms with van der Waals surface area (Å²) in [4.78, 5) is 43.0. The van der Waals surface area contributed by atoms with E-state index in [-0.39, 0.29) is 12.3 Å². The molecule has 0 saturated heterocycles. The first kappa shape index (κ1) is 20.0. The Kier molecular flexibility index (Phi) is 5.03. The Balaban J connectivity index is 1.85. The van der Waals surface area contributed by atoms with E-state index in [4.69, 9.17) is 0 Å². The van der Waals surface area contributed by atoms with Crippen molar-refractivity contribution in [2.75, 3.05) is 0 Å². The highest BCUT2D eigenvalue weighted by molar-refractivity contribution is 7.19. The van der Waals surface area contributed by atoms with Crippen molar-refractivity contribution in [1.29, 1.82) is 0 Å². The van der Waals surface area contributed by atoms with Crippen LogP contribution in [0.1, 0.15) is 31.9 Å². The van der Waals surface area contributed by atoms with Crippen LogP contribution in [0.3, 0.4) is 0 Å². The lowest BCUT2D eigenvalue weighted by molar-refractivity contribution is 0.0969. The maximum Gasteiger partial charge on any atom is 0.329 e. The molecule has 0 radical (unpaired) electrons. The first-order valence-electron chi connectivity index (χ1n) is 9.70. The van der Waals surface area contributed by atoms with Crippen LogP contribution >= 0.6 is 11.3 Å². The molecule has 30 heavy (non-hydrogen) atoms. The summed E-state index contributed by atoms with van der Waals surface area (Å²) in [5.41, 5.74) is 4.41. The molecule has 4 aromatic rings. The Bertz CT molecular complexity index is 1410. The summed E-state index contributed by atoms with van der Waals surface area (Å²) in [6.07, 6.45) is 0. The van der Waals surface area contributed by atoms with Crippen LogP contribution in [0.15, 0.2) is 52.1 Å². The van der Waals surface area contributed by atoms with Crippen LogP contribution in [-0.2, 0) is 6.54 Å². The fourth-order valence-corrected chi connectivity index (χ4v) is 4.65.